The van der Waals surface area contributed by atoms with Crippen LogP contribution in [0.25, 0.3) is 11.4 Å². The van der Waals surface area contributed by atoms with E-state index in [0.29, 0.717) is 19.0 Å². The van der Waals surface area contributed by atoms with Gasteiger partial charge in [-0.3, -0.25) is 0 Å². The monoisotopic (exact) mass is 429 g/mol. The highest BCUT2D eigenvalue weighted by molar-refractivity contribution is 5.89. The topological polar surface area (TPSA) is 61.4 Å². The van der Waals surface area contributed by atoms with Crippen LogP contribution >= 0.6 is 0 Å². The second kappa shape index (κ2) is 9.39. The molecular weight excluding hydrogens is 398 g/mol. The standard InChI is InChI=1S/C26H31N5O/c1-18(2)23-20(4)27-24(21-10-8-9-19(3)17-21)29-25(23)30-13-15-31(16-14-30)26(32)28-22-11-6-5-7-12-22/h5-12,17-18H,13-16H2,1-4H3,(H,28,32). The summed E-state index contributed by atoms with van der Waals surface area (Å²) in [5, 5.41) is 2.98. The summed E-state index contributed by atoms with van der Waals surface area (Å²) >= 11 is 0. The Hall–Kier alpha value is -3.41. The van der Waals surface area contributed by atoms with Crippen molar-refractivity contribution in [3.8, 4) is 11.4 Å². The van der Waals surface area contributed by atoms with Crippen molar-refractivity contribution in [1.82, 2.24) is 14.9 Å². The van der Waals surface area contributed by atoms with Crippen molar-refractivity contribution < 1.29 is 4.79 Å². The lowest BCUT2D eigenvalue weighted by Gasteiger charge is -2.37. The molecule has 2 heterocycles. The summed E-state index contributed by atoms with van der Waals surface area (Å²) in [7, 11) is 0. The van der Waals surface area contributed by atoms with Gasteiger partial charge in [0.2, 0.25) is 0 Å². The zero-order valence-corrected chi connectivity index (χ0v) is 19.3. The number of hydrogen-bond donors (Lipinski definition) is 1. The number of urea groups is 1. The van der Waals surface area contributed by atoms with Gasteiger partial charge in [-0.15, -0.1) is 0 Å². The van der Waals surface area contributed by atoms with Gasteiger partial charge in [-0.2, -0.15) is 0 Å². The average molecular weight is 430 g/mol. The second-order valence-corrected chi connectivity index (χ2v) is 8.66. The van der Waals surface area contributed by atoms with Gasteiger partial charge in [-0.1, -0.05) is 55.8 Å². The van der Waals surface area contributed by atoms with Crippen LogP contribution < -0.4 is 10.2 Å². The first-order chi connectivity index (χ1) is 15.4. The Morgan fingerprint density at radius 1 is 0.938 bits per heavy atom. The van der Waals surface area contributed by atoms with Crippen LogP contribution in [0.15, 0.2) is 54.6 Å². The molecule has 6 heteroatoms. The van der Waals surface area contributed by atoms with Crippen LogP contribution in [0.5, 0.6) is 0 Å². The molecule has 1 aliphatic heterocycles. The lowest BCUT2D eigenvalue weighted by atomic mass is 10.0. The zero-order valence-electron chi connectivity index (χ0n) is 19.3. The van der Waals surface area contributed by atoms with Crippen LogP contribution in [0.2, 0.25) is 0 Å². The van der Waals surface area contributed by atoms with Gasteiger partial charge in [-0.05, 0) is 38.0 Å². The smallest absolute Gasteiger partial charge is 0.321 e. The molecule has 1 aliphatic rings. The Bertz CT molecular complexity index is 1090. The molecular formula is C26H31N5O. The number of amides is 2. The van der Waals surface area contributed by atoms with Crippen molar-refractivity contribution in [2.45, 2.75) is 33.6 Å². The highest BCUT2D eigenvalue weighted by atomic mass is 16.2. The fourth-order valence-corrected chi connectivity index (χ4v) is 4.24. The van der Waals surface area contributed by atoms with E-state index in [2.05, 4.69) is 56.1 Å². The molecule has 0 saturated carbocycles. The van der Waals surface area contributed by atoms with E-state index in [9.17, 15) is 4.79 Å². The molecule has 1 aromatic heterocycles. The first kappa shape index (κ1) is 21.8. The number of benzene rings is 2. The minimum absolute atomic E-state index is 0.0562. The first-order valence-electron chi connectivity index (χ1n) is 11.2. The van der Waals surface area contributed by atoms with Crippen LogP contribution in [-0.2, 0) is 0 Å². The summed E-state index contributed by atoms with van der Waals surface area (Å²) in [5.74, 6) is 2.07. The number of piperazine rings is 1. The highest BCUT2D eigenvalue weighted by Gasteiger charge is 2.26. The number of hydrogen-bond acceptors (Lipinski definition) is 4. The molecule has 3 aromatic rings. The summed E-state index contributed by atoms with van der Waals surface area (Å²) in [4.78, 5) is 26.7. The molecule has 6 nitrogen and oxygen atoms in total. The van der Waals surface area contributed by atoms with Crippen LogP contribution in [0.4, 0.5) is 16.3 Å². The van der Waals surface area contributed by atoms with Crippen LogP contribution in [-0.4, -0.2) is 47.1 Å². The maximum Gasteiger partial charge on any atom is 0.321 e. The molecule has 0 radical (unpaired) electrons. The van der Waals surface area contributed by atoms with E-state index in [1.807, 2.05) is 41.3 Å². The number of para-hydroxylation sites is 1. The van der Waals surface area contributed by atoms with Crippen molar-refractivity contribution in [1.29, 1.82) is 0 Å². The fraction of sp³-hybridized carbons (Fsp3) is 0.346. The number of nitrogens with zero attached hydrogens (tertiary/aromatic N) is 4. The Morgan fingerprint density at radius 2 is 1.66 bits per heavy atom. The summed E-state index contributed by atoms with van der Waals surface area (Å²) < 4.78 is 0. The van der Waals surface area contributed by atoms with E-state index in [1.54, 1.807) is 0 Å². The molecule has 0 bridgehead atoms. The second-order valence-electron chi connectivity index (χ2n) is 8.66. The minimum atomic E-state index is -0.0562. The molecule has 2 aromatic carbocycles. The number of carbonyl (C=O) groups excluding carboxylic acids is 1. The largest absolute Gasteiger partial charge is 0.353 e. The highest BCUT2D eigenvalue weighted by Crippen LogP contribution is 2.31. The van der Waals surface area contributed by atoms with Crippen LogP contribution in [0.1, 0.15) is 36.6 Å². The lowest BCUT2D eigenvalue weighted by molar-refractivity contribution is 0.208. The van der Waals surface area contributed by atoms with E-state index >= 15 is 0 Å². The molecule has 2 amide bonds. The van der Waals surface area contributed by atoms with Crippen LogP contribution in [0.3, 0.4) is 0 Å². The molecule has 1 fully saturated rings. The van der Waals surface area contributed by atoms with Crippen molar-refractivity contribution in [2.24, 2.45) is 0 Å². The van der Waals surface area contributed by atoms with Gasteiger partial charge in [-0.25, -0.2) is 14.8 Å². The lowest BCUT2D eigenvalue weighted by Crippen LogP contribution is -2.50. The molecule has 0 atom stereocenters. The number of carbonyl (C=O) groups is 1. The minimum Gasteiger partial charge on any atom is -0.353 e. The molecule has 0 unspecified atom stereocenters. The van der Waals surface area contributed by atoms with Crippen LogP contribution in [0, 0.1) is 13.8 Å². The molecule has 1 saturated heterocycles. The maximum absolute atomic E-state index is 12.7. The molecule has 0 aliphatic carbocycles. The van der Waals surface area contributed by atoms with Gasteiger partial charge in [0, 0.05) is 48.7 Å². The number of aromatic nitrogens is 2. The molecule has 4 rings (SSSR count). The van der Waals surface area contributed by atoms with E-state index in [-0.39, 0.29) is 6.03 Å². The Labute approximate surface area is 190 Å². The Balaban J connectivity index is 1.55. The summed E-state index contributed by atoms with van der Waals surface area (Å²) in [5.41, 5.74) is 5.24. The molecule has 166 valence electrons. The Morgan fingerprint density at radius 3 is 2.31 bits per heavy atom. The first-order valence-corrected chi connectivity index (χ1v) is 11.2. The van der Waals surface area contributed by atoms with Crippen molar-refractivity contribution in [3.63, 3.8) is 0 Å². The zero-order chi connectivity index (χ0) is 22.7. The fourth-order valence-electron chi connectivity index (χ4n) is 4.24. The summed E-state index contributed by atoms with van der Waals surface area (Å²) in [6.45, 7) is 11.3. The van der Waals surface area contributed by atoms with Gasteiger partial charge in [0.1, 0.15) is 5.82 Å². The maximum atomic E-state index is 12.7. The van der Waals surface area contributed by atoms with Gasteiger partial charge >= 0.3 is 6.03 Å². The predicted octanol–water partition coefficient (Wildman–Crippen LogP) is 5.24. The van der Waals surface area contributed by atoms with Gasteiger partial charge < -0.3 is 15.1 Å². The molecule has 1 N–H and O–H groups in total. The third-order valence-corrected chi connectivity index (χ3v) is 5.86. The quantitative estimate of drug-likeness (QED) is 0.616. The van der Waals surface area contributed by atoms with E-state index < -0.39 is 0 Å². The third kappa shape index (κ3) is 4.74. The number of rotatable bonds is 4. The van der Waals surface area contributed by atoms with Gasteiger partial charge in [0.25, 0.3) is 0 Å². The van der Waals surface area contributed by atoms with Gasteiger partial charge in [0.05, 0.1) is 0 Å². The summed E-state index contributed by atoms with van der Waals surface area (Å²) in [6.07, 6.45) is 0. The van der Waals surface area contributed by atoms with Crippen molar-refractivity contribution in [2.75, 3.05) is 36.4 Å². The van der Waals surface area contributed by atoms with E-state index in [0.717, 1.165) is 41.7 Å². The number of nitrogens with one attached hydrogen (secondary N) is 1. The van der Waals surface area contributed by atoms with Gasteiger partial charge in [0.15, 0.2) is 5.82 Å². The SMILES string of the molecule is Cc1cccc(-c2nc(C)c(C(C)C)c(N3CCN(C(=O)Nc4ccccc4)CC3)n2)c1. The Kier molecular flexibility index (Phi) is 6.40. The molecule has 32 heavy (non-hydrogen) atoms. The van der Waals surface area contributed by atoms with Crippen molar-refractivity contribution in [3.05, 3.63) is 71.4 Å². The van der Waals surface area contributed by atoms with E-state index in [1.165, 1.54) is 11.1 Å². The molecule has 0 spiro atoms. The summed E-state index contributed by atoms with van der Waals surface area (Å²) in [6, 6.07) is 17.8. The van der Waals surface area contributed by atoms with Crippen molar-refractivity contribution >= 4 is 17.5 Å². The number of aryl methyl sites for hydroxylation is 2. The normalized spacial score (nSPS) is 14.0. The predicted molar refractivity (Wildman–Crippen MR) is 130 cm³/mol. The average Bonchev–Trinajstić information content (AvgIpc) is 2.79. The number of anilines is 2. The third-order valence-electron chi connectivity index (χ3n) is 5.86. The van der Waals surface area contributed by atoms with E-state index in [4.69, 9.17) is 9.97 Å².